The molecule has 0 aromatic rings. The van der Waals surface area contributed by atoms with E-state index in [-0.39, 0.29) is 5.97 Å². The van der Waals surface area contributed by atoms with Crippen molar-refractivity contribution >= 4 is 5.97 Å². The highest BCUT2D eigenvalue weighted by atomic mass is 16.5. The van der Waals surface area contributed by atoms with Crippen LogP contribution in [0.5, 0.6) is 0 Å². The summed E-state index contributed by atoms with van der Waals surface area (Å²) in [5.41, 5.74) is 0. The summed E-state index contributed by atoms with van der Waals surface area (Å²) in [4.78, 5) is 11.5. The van der Waals surface area contributed by atoms with Crippen LogP contribution in [-0.2, 0) is 9.53 Å². The van der Waals surface area contributed by atoms with E-state index in [2.05, 4.69) is 6.92 Å². The Hall–Kier alpha value is -0.530. The molecule has 0 aromatic carbocycles. The van der Waals surface area contributed by atoms with Crippen LogP contribution >= 0.6 is 0 Å². The SMILES string of the molecule is CC1CCCCCCCCCCCCC(=O)OCC1. The lowest BCUT2D eigenvalue weighted by molar-refractivity contribution is -0.144. The van der Waals surface area contributed by atoms with E-state index in [0.717, 1.165) is 12.8 Å². The fraction of sp³-hybridized carbons (Fsp3) is 0.941. The Morgan fingerprint density at radius 1 is 0.789 bits per heavy atom. The largest absolute Gasteiger partial charge is 0.466 e. The Morgan fingerprint density at radius 3 is 1.95 bits per heavy atom. The van der Waals surface area contributed by atoms with Gasteiger partial charge in [0, 0.05) is 6.42 Å². The number of ether oxygens (including phenoxy) is 1. The minimum Gasteiger partial charge on any atom is -0.466 e. The summed E-state index contributed by atoms with van der Waals surface area (Å²) < 4.78 is 5.30. The van der Waals surface area contributed by atoms with Crippen molar-refractivity contribution in [3.63, 3.8) is 0 Å². The van der Waals surface area contributed by atoms with Gasteiger partial charge in [0.05, 0.1) is 6.61 Å². The van der Waals surface area contributed by atoms with E-state index in [1.165, 1.54) is 64.2 Å². The zero-order chi connectivity index (χ0) is 13.8. The molecule has 2 heteroatoms. The predicted molar refractivity (Wildman–Crippen MR) is 80.1 cm³/mol. The molecule has 19 heavy (non-hydrogen) atoms. The lowest BCUT2D eigenvalue weighted by atomic mass is 9.99. The molecule has 0 saturated carbocycles. The fourth-order valence-corrected chi connectivity index (χ4v) is 2.77. The number of rotatable bonds is 0. The molecule has 0 radical (unpaired) electrons. The van der Waals surface area contributed by atoms with Crippen molar-refractivity contribution in [2.24, 2.45) is 5.92 Å². The predicted octanol–water partition coefficient (Wildman–Crippen LogP) is 5.25. The first-order chi connectivity index (χ1) is 9.29. The molecule has 112 valence electrons. The van der Waals surface area contributed by atoms with Gasteiger partial charge in [-0.25, -0.2) is 0 Å². The average Bonchev–Trinajstić information content (AvgIpc) is 2.39. The molecule has 1 aliphatic rings. The molecule has 1 aliphatic heterocycles. The molecule has 0 bridgehead atoms. The van der Waals surface area contributed by atoms with Gasteiger partial charge in [0.15, 0.2) is 0 Å². The Morgan fingerprint density at radius 2 is 1.32 bits per heavy atom. The number of cyclic esters (lactones) is 1. The summed E-state index contributed by atoms with van der Waals surface area (Å²) in [7, 11) is 0. The molecular weight excluding hydrogens is 236 g/mol. The quantitative estimate of drug-likeness (QED) is 0.561. The minimum absolute atomic E-state index is 0.0107. The van der Waals surface area contributed by atoms with Gasteiger partial charge in [-0.2, -0.15) is 0 Å². The van der Waals surface area contributed by atoms with Gasteiger partial charge in [-0.15, -0.1) is 0 Å². The lowest BCUT2D eigenvalue weighted by Gasteiger charge is -2.11. The summed E-state index contributed by atoms with van der Waals surface area (Å²) in [6.07, 6.45) is 16.1. The highest BCUT2D eigenvalue weighted by Gasteiger charge is 2.06. The van der Waals surface area contributed by atoms with E-state index in [1.807, 2.05) is 0 Å². The maximum Gasteiger partial charge on any atom is 0.305 e. The van der Waals surface area contributed by atoms with Crippen LogP contribution in [0.1, 0.15) is 90.4 Å². The van der Waals surface area contributed by atoms with E-state index in [9.17, 15) is 4.79 Å². The van der Waals surface area contributed by atoms with E-state index in [0.29, 0.717) is 18.9 Å². The number of esters is 1. The molecule has 1 rings (SSSR count). The van der Waals surface area contributed by atoms with Crippen molar-refractivity contribution in [2.45, 2.75) is 90.4 Å². The third-order valence-electron chi connectivity index (χ3n) is 4.20. The first-order valence-electron chi connectivity index (χ1n) is 8.44. The fourth-order valence-electron chi connectivity index (χ4n) is 2.77. The van der Waals surface area contributed by atoms with Gasteiger partial charge in [0.25, 0.3) is 0 Å². The van der Waals surface area contributed by atoms with Gasteiger partial charge in [0.1, 0.15) is 0 Å². The van der Waals surface area contributed by atoms with Gasteiger partial charge in [0.2, 0.25) is 0 Å². The number of carbonyl (C=O) groups is 1. The lowest BCUT2D eigenvalue weighted by Crippen LogP contribution is -2.08. The molecule has 0 spiro atoms. The molecular formula is C17H32O2. The van der Waals surface area contributed by atoms with Crippen LogP contribution in [0.25, 0.3) is 0 Å². The maximum atomic E-state index is 11.5. The van der Waals surface area contributed by atoms with Gasteiger partial charge < -0.3 is 4.74 Å². The molecule has 1 atom stereocenters. The van der Waals surface area contributed by atoms with E-state index in [1.54, 1.807) is 0 Å². The second kappa shape index (κ2) is 11.3. The molecule has 1 unspecified atom stereocenters. The third kappa shape index (κ3) is 9.98. The van der Waals surface area contributed by atoms with Crippen LogP contribution in [0.3, 0.4) is 0 Å². The van der Waals surface area contributed by atoms with Crippen LogP contribution in [0.2, 0.25) is 0 Å². The van der Waals surface area contributed by atoms with Gasteiger partial charge >= 0.3 is 5.97 Å². The monoisotopic (exact) mass is 268 g/mol. The van der Waals surface area contributed by atoms with E-state index >= 15 is 0 Å². The van der Waals surface area contributed by atoms with E-state index < -0.39 is 0 Å². The Balaban J connectivity index is 2.20. The third-order valence-corrected chi connectivity index (χ3v) is 4.20. The average molecular weight is 268 g/mol. The minimum atomic E-state index is 0.0107. The summed E-state index contributed by atoms with van der Waals surface area (Å²) in [5.74, 6) is 0.708. The Bertz CT molecular complexity index is 225. The molecule has 2 nitrogen and oxygen atoms in total. The maximum absolute atomic E-state index is 11.5. The molecule has 0 N–H and O–H groups in total. The van der Waals surface area contributed by atoms with Crippen molar-refractivity contribution in [3.8, 4) is 0 Å². The Labute approximate surface area is 119 Å². The second-order valence-corrected chi connectivity index (χ2v) is 6.19. The zero-order valence-electron chi connectivity index (χ0n) is 12.8. The van der Waals surface area contributed by atoms with Crippen molar-refractivity contribution in [2.75, 3.05) is 6.61 Å². The topological polar surface area (TPSA) is 26.3 Å². The smallest absolute Gasteiger partial charge is 0.305 e. The highest BCUT2D eigenvalue weighted by Crippen LogP contribution is 2.16. The molecule has 1 fully saturated rings. The second-order valence-electron chi connectivity index (χ2n) is 6.19. The first kappa shape index (κ1) is 16.5. The molecule has 0 aromatic heterocycles. The van der Waals surface area contributed by atoms with Crippen LogP contribution in [-0.4, -0.2) is 12.6 Å². The van der Waals surface area contributed by atoms with Crippen LogP contribution in [0.4, 0.5) is 0 Å². The molecule has 1 heterocycles. The van der Waals surface area contributed by atoms with Crippen LogP contribution in [0, 0.1) is 5.92 Å². The van der Waals surface area contributed by atoms with Crippen LogP contribution in [0.15, 0.2) is 0 Å². The zero-order valence-corrected chi connectivity index (χ0v) is 12.8. The first-order valence-corrected chi connectivity index (χ1v) is 8.44. The normalized spacial score (nSPS) is 26.4. The Kier molecular flexibility index (Phi) is 9.84. The van der Waals surface area contributed by atoms with E-state index in [4.69, 9.17) is 4.74 Å². The summed E-state index contributed by atoms with van der Waals surface area (Å²) >= 11 is 0. The summed E-state index contributed by atoms with van der Waals surface area (Å²) in [6, 6.07) is 0. The van der Waals surface area contributed by atoms with Crippen LogP contribution < -0.4 is 0 Å². The highest BCUT2D eigenvalue weighted by molar-refractivity contribution is 5.69. The molecule has 0 aliphatic carbocycles. The summed E-state index contributed by atoms with van der Waals surface area (Å²) in [6.45, 7) is 2.90. The number of carbonyl (C=O) groups excluding carboxylic acids is 1. The number of hydrogen-bond donors (Lipinski definition) is 0. The summed E-state index contributed by atoms with van der Waals surface area (Å²) in [5, 5.41) is 0. The van der Waals surface area contributed by atoms with Crippen molar-refractivity contribution < 1.29 is 9.53 Å². The molecule has 1 saturated heterocycles. The van der Waals surface area contributed by atoms with Crippen molar-refractivity contribution in [3.05, 3.63) is 0 Å². The van der Waals surface area contributed by atoms with Gasteiger partial charge in [-0.1, -0.05) is 71.1 Å². The van der Waals surface area contributed by atoms with Gasteiger partial charge in [-0.3, -0.25) is 4.79 Å². The number of hydrogen-bond acceptors (Lipinski definition) is 2. The standard InChI is InChI=1S/C17H32O2/c1-16-12-10-8-6-4-2-3-5-7-9-11-13-17(18)19-15-14-16/h16H,2-15H2,1H3. The van der Waals surface area contributed by atoms with Gasteiger partial charge in [-0.05, 0) is 18.8 Å². The van der Waals surface area contributed by atoms with Crippen molar-refractivity contribution in [1.82, 2.24) is 0 Å². The molecule has 0 amide bonds. The van der Waals surface area contributed by atoms with Crippen molar-refractivity contribution in [1.29, 1.82) is 0 Å².